The summed E-state index contributed by atoms with van der Waals surface area (Å²) in [4.78, 5) is 17.7. The van der Waals surface area contributed by atoms with Crippen molar-refractivity contribution in [1.29, 1.82) is 0 Å². The number of nitrogens with two attached hydrogens (primary N) is 1. The van der Waals surface area contributed by atoms with E-state index < -0.39 is 0 Å². The monoisotopic (exact) mass is 325 g/mol. The molecule has 0 radical (unpaired) electrons. The highest BCUT2D eigenvalue weighted by atomic mass is 32.1. The van der Waals surface area contributed by atoms with E-state index in [0.29, 0.717) is 5.69 Å². The summed E-state index contributed by atoms with van der Waals surface area (Å²) in [6.45, 7) is -0.196. The van der Waals surface area contributed by atoms with Crippen LogP contribution in [0, 0.1) is 0 Å². The highest BCUT2D eigenvalue weighted by Crippen LogP contribution is 2.18. The van der Waals surface area contributed by atoms with Gasteiger partial charge in [0.25, 0.3) is 5.91 Å². The lowest BCUT2D eigenvalue weighted by Gasteiger charge is -2.06. The van der Waals surface area contributed by atoms with Crippen molar-refractivity contribution in [3.8, 4) is 0 Å². The Kier molecular flexibility index (Phi) is 4.54. The van der Waals surface area contributed by atoms with Crippen molar-refractivity contribution in [3.63, 3.8) is 0 Å². The maximum absolute atomic E-state index is 11.9. The fraction of sp³-hybridized carbons (Fsp3) is 0.0588. The molecule has 1 amide bonds. The van der Waals surface area contributed by atoms with E-state index in [1.54, 1.807) is 0 Å². The molecular weight excluding hydrogens is 310 g/mol. The molecule has 0 aliphatic carbocycles. The Bertz CT molecular complexity index is 844. The molecule has 0 spiro atoms. The van der Waals surface area contributed by atoms with Crippen molar-refractivity contribution < 1.29 is 9.63 Å². The number of benzene rings is 2. The van der Waals surface area contributed by atoms with E-state index in [1.165, 1.54) is 11.3 Å². The van der Waals surface area contributed by atoms with Gasteiger partial charge in [-0.15, -0.1) is 11.3 Å². The van der Waals surface area contributed by atoms with Gasteiger partial charge in [0.15, 0.2) is 12.4 Å². The van der Waals surface area contributed by atoms with Crippen LogP contribution >= 0.6 is 11.3 Å². The summed E-state index contributed by atoms with van der Waals surface area (Å²) in [6, 6.07) is 17.4. The van der Waals surface area contributed by atoms with Gasteiger partial charge in [0.1, 0.15) is 0 Å². The number of hydrogen-bond donors (Lipinski definition) is 2. The highest BCUT2D eigenvalue weighted by Gasteiger charge is 2.05. The second-order valence-electron chi connectivity index (χ2n) is 4.84. The molecule has 3 aromatic rings. The molecule has 1 heterocycles. The predicted molar refractivity (Wildman–Crippen MR) is 93.6 cm³/mol. The zero-order valence-electron chi connectivity index (χ0n) is 12.2. The molecule has 5 nitrogen and oxygen atoms in total. The Balaban J connectivity index is 1.57. The summed E-state index contributed by atoms with van der Waals surface area (Å²) >= 11 is 1.46. The first kappa shape index (κ1) is 15.1. The number of carbonyl (C=O) groups excluding carboxylic acids is 1. The topological polar surface area (TPSA) is 76.7 Å². The average Bonchev–Trinajstić information content (AvgIpc) is 3.09. The number of oxime groups is 1. The number of amidine groups is 1. The average molecular weight is 325 g/mol. The molecule has 0 bridgehead atoms. The second kappa shape index (κ2) is 6.93. The van der Waals surface area contributed by atoms with Gasteiger partial charge >= 0.3 is 0 Å². The number of nitrogens with one attached hydrogen (secondary N) is 1. The van der Waals surface area contributed by atoms with Crippen LogP contribution in [0.5, 0.6) is 0 Å². The van der Waals surface area contributed by atoms with Crippen LogP contribution in [0.25, 0.3) is 10.8 Å². The number of fused-ring (bicyclic) bond motifs is 1. The minimum absolute atomic E-state index is 0.196. The number of nitrogens with zero attached hydrogens (tertiary/aromatic N) is 1. The molecule has 116 valence electrons. The first-order valence-corrected chi connectivity index (χ1v) is 7.88. The SMILES string of the molecule is N/C(=N/OCC(=O)Nc1ccc2ccccc2c1)c1cccs1. The molecule has 1 aromatic heterocycles. The van der Waals surface area contributed by atoms with Crippen LogP contribution < -0.4 is 11.1 Å². The summed E-state index contributed by atoms with van der Waals surface area (Å²) < 4.78 is 0. The van der Waals surface area contributed by atoms with Crippen LogP contribution in [-0.4, -0.2) is 18.3 Å². The lowest BCUT2D eigenvalue weighted by molar-refractivity contribution is -0.120. The standard InChI is InChI=1S/C17H15N3O2S/c18-17(15-6-3-9-23-15)20-22-11-16(21)19-14-8-7-12-4-1-2-5-13(12)10-14/h1-10H,11H2,(H2,18,20)(H,19,21). The van der Waals surface area contributed by atoms with Crippen molar-refractivity contribution in [2.45, 2.75) is 0 Å². The van der Waals surface area contributed by atoms with E-state index in [-0.39, 0.29) is 18.3 Å². The van der Waals surface area contributed by atoms with Crippen LogP contribution in [0.1, 0.15) is 4.88 Å². The molecule has 0 atom stereocenters. The number of carbonyl (C=O) groups is 1. The Morgan fingerprint density at radius 2 is 1.96 bits per heavy atom. The molecule has 3 N–H and O–H groups in total. The lowest BCUT2D eigenvalue weighted by Crippen LogP contribution is -2.19. The van der Waals surface area contributed by atoms with Crippen LogP contribution in [0.3, 0.4) is 0 Å². The number of amides is 1. The van der Waals surface area contributed by atoms with Crippen LogP contribution in [0.15, 0.2) is 65.1 Å². The van der Waals surface area contributed by atoms with E-state index in [4.69, 9.17) is 10.6 Å². The largest absolute Gasteiger partial charge is 0.384 e. The molecule has 0 saturated heterocycles. The van der Waals surface area contributed by atoms with Crippen molar-refractivity contribution in [2.75, 3.05) is 11.9 Å². The minimum Gasteiger partial charge on any atom is -0.384 e. The zero-order chi connectivity index (χ0) is 16.1. The fourth-order valence-corrected chi connectivity index (χ4v) is 2.71. The van der Waals surface area contributed by atoms with E-state index in [0.717, 1.165) is 15.6 Å². The van der Waals surface area contributed by atoms with Crippen molar-refractivity contribution in [2.24, 2.45) is 10.9 Å². The smallest absolute Gasteiger partial charge is 0.265 e. The van der Waals surface area contributed by atoms with Crippen LogP contribution in [0.2, 0.25) is 0 Å². The van der Waals surface area contributed by atoms with E-state index >= 15 is 0 Å². The normalized spacial score (nSPS) is 11.4. The van der Waals surface area contributed by atoms with Crippen LogP contribution in [0.4, 0.5) is 5.69 Å². The van der Waals surface area contributed by atoms with Crippen molar-refractivity contribution in [3.05, 3.63) is 64.9 Å². The minimum atomic E-state index is -0.289. The fourth-order valence-electron chi connectivity index (χ4n) is 2.09. The molecule has 0 aliphatic heterocycles. The summed E-state index contributed by atoms with van der Waals surface area (Å²) in [5, 5.41) is 10.6. The van der Waals surface area contributed by atoms with Gasteiger partial charge < -0.3 is 15.9 Å². The Morgan fingerprint density at radius 3 is 2.74 bits per heavy atom. The van der Waals surface area contributed by atoms with E-state index in [2.05, 4.69) is 10.5 Å². The lowest BCUT2D eigenvalue weighted by atomic mass is 10.1. The predicted octanol–water partition coefficient (Wildman–Crippen LogP) is 3.18. The number of anilines is 1. The van der Waals surface area contributed by atoms with Crippen molar-refractivity contribution in [1.82, 2.24) is 0 Å². The van der Waals surface area contributed by atoms with Gasteiger partial charge in [-0.05, 0) is 34.4 Å². The molecule has 3 rings (SSSR count). The molecule has 23 heavy (non-hydrogen) atoms. The zero-order valence-corrected chi connectivity index (χ0v) is 13.0. The number of hydrogen-bond acceptors (Lipinski definition) is 4. The third kappa shape index (κ3) is 3.87. The summed E-state index contributed by atoms with van der Waals surface area (Å²) in [5.41, 5.74) is 6.46. The first-order chi connectivity index (χ1) is 11.2. The summed E-state index contributed by atoms with van der Waals surface area (Å²) in [7, 11) is 0. The number of thiophene rings is 1. The third-order valence-corrected chi connectivity index (χ3v) is 4.06. The van der Waals surface area contributed by atoms with Gasteiger partial charge in [-0.1, -0.05) is 41.6 Å². The highest BCUT2D eigenvalue weighted by molar-refractivity contribution is 7.12. The maximum Gasteiger partial charge on any atom is 0.265 e. The van der Waals surface area contributed by atoms with Crippen LogP contribution in [-0.2, 0) is 9.63 Å². The molecular formula is C17H15N3O2S. The molecule has 2 aromatic carbocycles. The summed E-state index contributed by atoms with van der Waals surface area (Å²) in [6.07, 6.45) is 0. The molecule has 0 aliphatic rings. The Hall–Kier alpha value is -2.86. The first-order valence-electron chi connectivity index (χ1n) is 7.00. The van der Waals surface area contributed by atoms with Crippen molar-refractivity contribution >= 4 is 39.5 Å². The number of rotatable bonds is 5. The maximum atomic E-state index is 11.9. The molecule has 0 unspecified atom stereocenters. The van der Waals surface area contributed by atoms with E-state index in [9.17, 15) is 4.79 Å². The van der Waals surface area contributed by atoms with Gasteiger partial charge in [0.05, 0.1) is 4.88 Å². The Morgan fingerprint density at radius 1 is 1.13 bits per heavy atom. The quantitative estimate of drug-likeness (QED) is 0.430. The summed E-state index contributed by atoms with van der Waals surface area (Å²) in [5.74, 6) is -0.0264. The molecule has 0 fully saturated rings. The van der Waals surface area contributed by atoms with E-state index in [1.807, 2.05) is 60.0 Å². The van der Waals surface area contributed by atoms with Gasteiger partial charge in [0, 0.05) is 5.69 Å². The third-order valence-electron chi connectivity index (χ3n) is 3.17. The second-order valence-corrected chi connectivity index (χ2v) is 5.79. The Labute approximate surface area is 137 Å². The molecule has 0 saturated carbocycles. The van der Waals surface area contributed by atoms with Gasteiger partial charge in [-0.25, -0.2) is 0 Å². The van der Waals surface area contributed by atoms with Gasteiger partial charge in [-0.2, -0.15) is 0 Å². The van der Waals surface area contributed by atoms with Gasteiger partial charge in [0.2, 0.25) is 0 Å². The molecule has 6 heteroatoms. The van der Waals surface area contributed by atoms with Gasteiger partial charge in [-0.3, -0.25) is 4.79 Å².